The fraction of sp³-hybridized carbons (Fsp3) is 0.227. The van der Waals surface area contributed by atoms with Gasteiger partial charge < -0.3 is 14.8 Å². The minimum atomic E-state index is -0.503. The molecule has 0 saturated heterocycles. The van der Waals surface area contributed by atoms with E-state index < -0.39 is 4.92 Å². The molecule has 12 heteroatoms. The van der Waals surface area contributed by atoms with Gasteiger partial charge in [-0.1, -0.05) is 11.8 Å². The Kier molecular flexibility index (Phi) is 7.08. The largest absolute Gasteiger partial charge is 0.497 e. The lowest BCUT2D eigenvalue weighted by Gasteiger charge is -2.14. The van der Waals surface area contributed by atoms with Gasteiger partial charge in [0, 0.05) is 30.4 Å². The second-order valence-electron chi connectivity index (χ2n) is 7.09. The fourth-order valence-corrected chi connectivity index (χ4v) is 5.21. The number of thioether (sulfide) groups is 2. The van der Waals surface area contributed by atoms with Crippen LogP contribution in [0.1, 0.15) is 5.69 Å². The lowest BCUT2D eigenvalue weighted by Crippen LogP contribution is -2.24. The molecule has 0 bridgehead atoms. The molecule has 0 unspecified atom stereocenters. The molecule has 4 rings (SSSR count). The molecule has 0 fully saturated rings. The van der Waals surface area contributed by atoms with Crippen LogP contribution in [0.3, 0.4) is 0 Å². The average Bonchev–Trinajstić information content (AvgIpc) is 3.32. The van der Waals surface area contributed by atoms with Crippen molar-refractivity contribution in [2.75, 3.05) is 31.0 Å². The molecule has 1 aliphatic rings. The Labute approximate surface area is 202 Å². The summed E-state index contributed by atoms with van der Waals surface area (Å²) in [6, 6.07) is 10.7. The summed E-state index contributed by atoms with van der Waals surface area (Å²) in [5, 5.41) is 14.1. The Morgan fingerprint density at radius 1 is 1.24 bits per heavy atom. The molecule has 1 amide bonds. The highest BCUT2D eigenvalue weighted by Gasteiger charge is 2.23. The number of fused-ring (bicyclic) bond motifs is 1. The second kappa shape index (κ2) is 10.2. The molecule has 0 atom stereocenters. The van der Waals surface area contributed by atoms with Gasteiger partial charge in [-0.3, -0.25) is 24.3 Å². The van der Waals surface area contributed by atoms with Crippen molar-refractivity contribution in [2.45, 2.75) is 16.5 Å². The van der Waals surface area contributed by atoms with E-state index in [9.17, 15) is 19.7 Å². The molecule has 0 spiro atoms. The molecule has 1 aliphatic heterocycles. The molecule has 2 heterocycles. The van der Waals surface area contributed by atoms with Crippen molar-refractivity contribution >= 4 is 40.8 Å². The van der Waals surface area contributed by atoms with Crippen LogP contribution in [-0.4, -0.2) is 46.1 Å². The summed E-state index contributed by atoms with van der Waals surface area (Å²) >= 11 is 2.55. The first-order valence-electron chi connectivity index (χ1n) is 10.1. The number of nitro groups is 1. The number of amides is 1. The fourth-order valence-electron chi connectivity index (χ4n) is 3.36. The van der Waals surface area contributed by atoms with Gasteiger partial charge in [0.1, 0.15) is 11.5 Å². The third-order valence-corrected chi connectivity index (χ3v) is 7.05. The number of benzene rings is 2. The number of rotatable bonds is 8. The Morgan fingerprint density at radius 3 is 2.68 bits per heavy atom. The zero-order chi connectivity index (χ0) is 24.2. The number of carbonyl (C=O) groups is 1. The summed E-state index contributed by atoms with van der Waals surface area (Å²) in [7, 11) is 3.03. The van der Waals surface area contributed by atoms with E-state index in [1.54, 1.807) is 18.2 Å². The monoisotopic (exact) mass is 500 g/mol. The lowest BCUT2D eigenvalue weighted by atomic mass is 10.2. The molecule has 0 aliphatic carbocycles. The third kappa shape index (κ3) is 4.87. The van der Waals surface area contributed by atoms with E-state index in [0.717, 1.165) is 17.5 Å². The number of non-ortho nitro benzene ring substituents is 1. The number of aromatic nitrogens is 2. The van der Waals surface area contributed by atoms with Gasteiger partial charge in [-0.25, -0.2) is 4.98 Å². The lowest BCUT2D eigenvalue weighted by molar-refractivity contribution is -0.384. The summed E-state index contributed by atoms with van der Waals surface area (Å²) in [4.78, 5) is 41.6. The van der Waals surface area contributed by atoms with E-state index in [2.05, 4.69) is 10.3 Å². The van der Waals surface area contributed by atoms with Crippen LogP contribution in [0.4, 0.5) is 11.4 Å². The summed E-state index contributed by atoms with van der Waals surface area (Å²) in [6.07, 6.45) is 0.666. The van der Waals surface area contributed by atoms with E-state index in [0.29, 0.717) is 45.0 Å². The van der Waals surface area contributed by atoms with Crippen LogP contribution in [0.5, 0.6) is 11.5 Å². The van der Waals surface area contributed by atoms with Crippen molar-refractivity contribution in [2.24, 2.45) is 0 Å². The topological polar surface area (TPSA) is 126 Å². The number of methoxy groups -OCH3 is 2. The number of nitrogens with zero attached hydrogens (tertiary/aromatic N) is 3. The maximum atomic E-state index is 13.2. The molecule has 1 N–H and O–H groups in total. The number of anilines is 1. The summed E-state index contributed by atoms with van der Waals surface area (Å²) in [5.74, 6) is 1.47. The van der Waals surface area contributed by atoms with Gasteiger partial charge in [0.15, 0.2) is 5.16 Å². The van der Waals surface area contributed by atoms with Crippen LogP contribution in [-0.2, 0) is 11.2 Å². The van der Waals surface area contributed by atoms with Gasteiger partial charge in [-0.2, -0.15) is 0 Å². The first-order chi connectivity index (χ1) is 16.4. The van der Waals surface area contributed by atoms with E-state index in [1.807, 2.05) is 0 Å². The highest BCUT2D eigenvalue weighted by Crippen LogP contribution is 2.31. The van der Waals surface area contributed by atoms with Crippen molar-refractivity contribution in [3.05, 3.63) is 68.6 Å². The minimum Gasteiger partial charge on any atom is -0.497 e. The predicted molar refractivity (Wildman–Crippen MR) is 130 cm³/mol. The third-order valence-electron chi connectivity index (χ3n) is 5.00. The van der Waals surface area contributed by atoms with Crippen molar-refractivity contribution in [3.63, 3.8) is 0 Å². The zero-order valence-corrected chi connectivity index (χ0v) is 19.9. The van der Waals surface area contributed by atoms with Crippen LogP contribution < -0.4 is 20.3 Å². The number of ether oxygens (including phenoxy) is 2. The van der Waals surface area contributed by atoms with Gasteiger partial charge >= 0.3 is 0 Å². The Hall–Kier alpha value is -3.51. The summed E-state index contributed by atoms with van der Waals surface area (Å²) < 4.78 is 11.9. The number of aryl methyl sites for hydroxylation is 1. The Balaban J connectivity index is 1.59. The molecular weight excluding hydrogens is 480 g/mol. The number of nitrogens with one attached hydrogen (secondary N) is 1. The van der Waals surface area contributed by atoms with Crippen LogP contribution in [0.25, 0.3) is 5.69 Å². The molecule has 34 heavy (non-hydrogen) atoms. The van der Waals surface area contributed by atoms with Crippen molar-refractivity contribution < 1.29 is 19.2 Å². The molecular formula is C22H20N4O6S2. The van der Waals surface area contributed by atoms with Gasteiger partial charge in [-0.15, -0.1) is 11.8 Å². The van der Waals surface area contributed by atoms with Gasteiger partial charge in [0.25, 0.3) is 11.2 Å². The van der Waals surface area contributed by atoms with Gasteiger partial charge in [-0.05, 0) is 24.3 Å². The van der Waals surface area contributed by atoms with Crippen LogP contribution >= 0.6 is 23.5 Å². The molecule has 176 valence electrons. The molecule has 3 aromatic rings. The second-order valence-corrected chi connectivity index (χ2v) is 9.13. The zero-order valence-electron chi connectivity index (χ0n) is 18.3. The maximum absolute atomic E-state index is 13.2. The van der Waals surface area contributed by atoms with E-state index in [-0.39, 0.29) is 22.9 Å². The van der Waals surface area contributed by atoms with Crippen LogP contribution in [0.2, 0.25) is 0 Å². The first kappa shape index (κ1) is 23.6. The predicted octanol–water partition coefficient (Wildman–Crippen LogP) is 3.54. The smallest absolute Gasteiger partial charge is 0.272 e. The number of hydrogen-bond donors (Lipinski definition) is 1. The van der Waals surface area contributed by atoms with Gasteiger partial charge in [0.2, 0.25) is 5.91 Å². The first-order valence-corrected chi connectivity index (χ1v) is 12.1. The van der Waals surface area contributed by atoms with Crippen molar-refractivity contribution in [1.82, 2.24) is 9.55 Å². The molecule has 10 nitrogen and oxygen atoms in total. The van der Waals surface area contributed by atoms with Crippen molar-refractivity contribution in [3.8, 4) is 17.2 Å². The summed E-state index contributed by atoms with van der Waals surface area (Å²) in [6.45, 7) is 0. The summed E-state index contributed by atoms with van der Waals surface area (Å²) in [5.41, 5.74) is 1.30. The van der Waals surface area contributed by atoms with Gasteiger partial charge in [0.05, 0.1) is 46.9 Å². The highest BCUT2D eigenvalue weighted by atomic mass is 32.2. The number of hydrogen-bond acceptors (Lipinski definition) is 9. The normalized spacial score (nSPS) is 12.2. The SMILES string of the molecule is COc1ccc(NC(=O)CSc2nc3c(c(=O)n2-c2ccc([N+](=O)[O-])cc2)SCC3)c(OC)c1. The average molecular weight is 501 g/mol. The van der Waals surface area contributed by atoms with E-state index in [4.69, 9.17) is 9.47 Å². The standard InChI is InChI=1S/C22H20N4O6S2/c1-31-15-7-8-16(18(11-15)32-2)23-19(27)12-34-22-24-17-9-10-33-20(17)21(28)25(22)13-3-5-14(6-4-13)26(29)30/h3-8,11H,9-10,12H2,1-2H3,(H,23,27). The van der Waals surface area contributed by atoms with E-state index >= 15 is 0 Å². The highest BCUT2D eigenvalue weighted by molar-refractivity contribution is 8.00. The minimum absolute atomic E-state index is 0.0134. The van der Waals surface area contributed by atoms with Crippen LogP contribution in [0.15, 0.2) is 57.3 Å². The van der Waals surface area contributed by atoms with Crippen molar-refractivity contribution in [1.29, 1.82) is 0 Å². The Bertz CT molecular complexity index is 1310. The Morgan fingerprint density at radius 2 is 2.00 bits per heavy atom. The maximum Gasteiger partial charge on any atom is 0.272 e. The number of carbonyl (C=O) groups excluding carboxylic acids is 1. The molecule has 0 saturated carbocycles. The van der Waals surface area contributed by atoms with Crippen LogP contribution in [0, 0.1) is 10.1 Å². The quantitative estimate of drug-likeness (QED) is 0.214. The van der Waals surface area contributed by atoms with E-state index in [1.165, 1.54) is 54.8 Å². The number of nitro benzene ring substituents is 1. The molecule has 0 radical (unpaired) electrons. The molecule has 2 aromatic carbocycles. The molecule has 1 aromatic heterocycles.